The lowest BCUT2D eigenvalue weighted by Crippen LogP contribution is -2.39. The molecule has 2 heterocycles. The van der Waals surface area contributed by atoms with Crippen LogP contribution in [0.3, 0.4) is 0 Å². The van der Waals surface area contributed by atoms with E-state index in [1.807, 2.05) is 23.1 Å². The molecule has 1 aromatic rings. The Kier molecular flexibility index (Phi) is 5.37. The standard InChI is InChI=1S/C22H31N3O2/c1-16(26)24-13-11-18-15-19(9-10-21(18)24)23-22(27)25-12-5-8-20(25)14-17-6-3-2-4-7-17/h9-10,15,17,20H,2-8,11-14H2,1H3,(H,23,27). The first-order valence-corrected chi connectivity index (χ1v) is 10.6. The fourth-order valence-electron chi connectivity index (χ4n) is 5.16. The molecule has 1 atom stereocenters. The topological polar surface area (TPSA) is 52.7 Å². The minimum absolute atomic E-state index is 0.0367. The number of nitrogens with zero attached hydrogens (tertiary/aromatic N) is 2. The first-order chi connectivity index (χ1) is 13.1. The molecule has 27 heavy (non-hydrogen) atoms. The van der Waals surface area contributed by atoms with Gasteiger partial charge in [0.2, 0.25) is 5.91 Å². The normalized spacial score (nSPS) is 22.8. The van der Waals surface area contributed by atoms with Crippen molar-refractivity contribution in [3.05, 3.63) is 23.8 Å². The highest BCUT2D eigenvalue weighted by atomic mass is 16.2. The Morgan fingerprint density at radius 1 is 1.07 bits per heavy atom. The van der Waals surface area contributed by atoms with Crippen molar-refractivity contribution in [3.8, 4) is 0 Å². The highest BCUT2D eigenvalue weighted by Gasteiger charge is 2.31. The third kappa shape index (κ3) is 3.97. The molecule has 5 heteroatoms. The molecule has 1 unspecified atom stereocenters. The Morgan fingerprint density at radius 2 is 1.89 bits per heavy atom. The summed E-state index contributed by atoms with van der Waals surface area (Å²) in [6.45, 7) is 3.20. The second-order valence-electron chi connectivity index (χ2n) is 8.42. The van der Waals surface area contributed by atoms with Crippen LogP contribution in [0.25, 0.3) is 0 Å². The molecular weight excluding hydrogens is 338 g/mol. The number of benzene rings is 1. The van der Waals surface area contributed by atoms with Gasteiger partial charge in [-0.15, -0.1) is 0 Å². The molecule has 1 N–H and O–H groups in total. The van der Waals surface area contributed by atoms with Crippen LogP contribution in [0.5, 0.6) is 0 Å². The van der Waals surface area contributed by atoms with Crippen LogP contribution in [0, 0.1) is 5.92 Å². The summed E-state index contributed by atoms with van der Waals surface area (Å²) in [6.07, 6.45) is 11.0. The number of fused-ring (bicyclic) bond motifs is 1. The number of urea groups is 1. The fourth-order valence-corrected chi connectivity index (χ4v) is 5.16. The molecule has 1 aliphatic carbocycles. The molecule has 0 spiro atoms. The molecule has 2 fully saturated rings. The predicted octanol–water partition coefficient (Wildman–Crippen LogP) is 4.56. The summed E-state index contributed by atoms with van der Waals surface area (Å²) >= 11 is 0. The van der Waals surface area contributed by atoms with Gasteiger partial charge in [-0.25, -0.2) is 4.79 Å². The number of hydrogen-bond donors (Lipinski definition) is 1. The van der Waals surface area contributed by atoms with E-state index in [1.165, 1.54) is 38.5 Å². The van der Waals surface area contributed by atoms with Crippen molar-refractivity contribution in [2.24, 2.45) is 5.92 Å². The van der Waals surface area contributed by atoms with Crippen molar-refractivity contribution < 1.29 is 9.59 Å². The summed E-state index contributed by atoms with van der Waals surface area (Å²) in [7, 11) is 0. The molecule has 3 aliphatic rings. The number of anilines is 2. The molecule has 0 bridgehead atoms. The number of carbonyl (C=O) groups is 2. The minimum Gasteiger partial charge on any atom is -0.322 e. The van der Waals surface area contributed by atoms with Gasteiger partial charge < -0.3 is 15.1 Å². The fraction of sp³-hybridized carbons (Fsp3) is 0.636. The van der Waals surface area contributed by atoms with E-state index < -0.39 is 0 Å². The predicted molar refractivity (Wildman–Crippen MR) is 108 cm³/mol. The van der Waals surface area contributed by atoms with Gasteiger partial charge in [0, 0.05) is 37.4 Å². The molecule has 0 radical (unpaired) electrons. The van der Waals surface area contributed by atoms with Crippen molar-refractivity contribution in [1.29, 1.82) is 0 Å². The first-order valence-electron chi connectivity index (χ1n) is 10.6. The largest absolute Gasteiger partial charge is 0.322 e. The maximum atomic E-state index is 12.9. The zero-order valence-electron chi connectivity index (χ0n) is 16.4. The van der Waals surface area contributed by atoms with Crippen molar-refractivity contribution >= 4 is 23.3 Å². The van der Waals surface area contributed by atoms with Crippen LogP contribution in [-0.4, -0.2) is 36.0 Å². The summed E-state index contributed by atoms with van der Waals surface area (Å²) < 4.78 is 0. The Balaban J connectivity index is 1.39. The van der Waals surface area contributed by atoms with Gasteiger partial charge in [-0.1, -0.05) is 32.1 Å². The maximum Gasteiger partial charge on any atom is 0.322 e. The summed E-state index contributed by atoms with van der Waals surface area (Å²) in [6, 6.07) is 6.35. The zero-order valence-corrected chi connectivity index (χ0v) is 16.4. The Bertz CT molecular complexity index is 712. The Labute approximate surface area is 162 Å². The van der Waals surface area contributed by atoms with Gasteiger partial charge >= 0.3 is 6.03 Å². The van der Waals surface area contributed by atoms with E-state index in [1.54, 1.807) is 6.92 Å². The number of amides is 3. The Hall–Kier alpha value is -2.04. The number of carbonyl (C=O) groups excluding carboxylic acids is 2. The van der Waals surface area contributed by atoms with E-state index in [0.29, 0.717) is 6.04 Å². The van der Waals surface area contributed by atoms with Crippen LogP contribution in [-0.2, 0) is 11.2 Å². The van der Waals surface area contributed by atoms with Gasteiger partial charge in [0.25, 0.3) is 0 Å². The molecule has 1 saturated heterocycles. The van der Waals surface area contributed by atoms with E-state index in [0.717, 1.165) is 55.2 Å². The molecule has 1 aromatic carbocycles. The monoisotopic (exact) mass is 369 g/mol. The second-order valence-corrected chi connectivity index (χ2v) is 8.42. The van der Waals surface area contributed by atoms with Crippen molar-refractivity contribution in [2.45, 2.75) is 70.8 Å². The number of likely N-dealkylation sites (tertiary alicyclic amines) is 1. The van der Waals surface area contributed by atoms with E-state index in [2.05, 4.69) is 10.2 Å². The molecule has 2 aliphatic heterocycles. The lowest BCUT2D eigenvalue weighted by atomic mass is 9.84. The lowest BCUT2D eigenvalue weighted by molar-refractivity contribution is -0.116. The quantitative estimate of drug-likeness (QED) is 0.849. The summed E-state index contributed by atoms with van der Waals surface area (Å²) in [5, 5.41) is 3.11. The van der Waals surface area contributed by atoms with Gasteiger partial charge in [-0.3, -0.25) is 4.79 Å². The highest BCUT2D eigenvalue weighted by molar-refractivity contribution is 5.95. The number of hydrogen-bond acceptors (Lipinski definition) is 2. The van der Waals surface area contributed by atoms with Crippen LogP contribution in [0.15, 0.2) is 18.2 Å². The van der Waals surface area contributed by atoms with E-state index in [-0.39, 0.29) is 11.9 Å². The van der Waals surface area contributed by atoms with Crippen molar-refractivity contribution in [3.63, 3.8) is 0 Å². The minimum atomic E-state index is 0.0367. The average molecular weight is 370 g/mol. The Morgan fingerprint density at radius 3 is 2.67 bits per heavy atom. The van der Waals surface area contributed by atoms with E-state index in [4.69, 9.17) is 0 Å². The molecule has 3 amide bonds. The van der Waals surface area contributed by atoms with Crippen molar-refractivity contribution in [2.75, 3.05) is 23.3 Å². The molecular formula is C22H31N3O2. The third-order valence-corrected chi connectivity index (χ3v) is 6.57. The number of rotatable bonds is 3. The van der Waals surface area contributed by atoms with Crippen LogP contribution < -0.4 is 10.2 Å². The summed E-state index contributed by atoms with van der Waals surface area (Å²) in [5.74, 6) is 0.878. The van der Waals surface area contributed by atoms with Crippen LogP contribution in [0.1, 0.15) is 63.9 Å². The number of nitrogens with one attached hydrogen (secondary N) is 1. The van der Waals surface area contributed by atoms with Crippen LogP contribution >= 0.6 is 0 Å². The molecule has 5 nitrogen and oxygen atoms in total. The van der Waals surface area contributed by atoms with Gasteiger partial charge in [-0.05, 0) is 55.4 Å². The summed E-state index contributed by atoms with van der Waals surface area (Å²) in [5.41, 5.74) is 2.97. The maximum absolute atomic E-state index is 12.9. The second kappa shape index (κ2) is 7.91. The molecule has 146 valence electrons. The lowest BCUT2D eigenvalue weighted by Gasteiger charge is -2.30. The van der Waals surface area contributed by atoms with E-state index in [9.17, 15) is 9.59 Å². The highest BCUT2D eigenvalue weighted by Crippen LogP contribution is 2.33. The van der Waals surface area contributed by atoms with Gasteiger partial charge in [0.05, 0.1) is 0 Å². The molecule has 4 rings (SSSR count). The average Bonchev–Trinajstić information content (AvgIpc) is 3.29. The molecule has 0 aromatic heterocycles. The zero-order chi connectivity index (χ0) is 18.8. The first kappa shape index (κ1) is 18.3. The van der Waals surface area contributed by atoms with Crippen LogP contribution in [0.2, 0.25) is 0 Å². The van der Waals surface area contributed by atoms with Crippen LogP contribution in [0.4, 0.5) is 16.2 Å². The smallest absolute Gasteiger partial charge is 0.322 e. The van der Waals surface area contributed by atoms with E-state index >= 15 is 0 Å². The molecule has 1 saturated carbocycles. The van der Waals surface area contributed by atoms with Gasteiger partial charge in [-0.2, -0.15) is 0 Å². The van der Waals surface area contributed by atoms with Gasteiger partial charge in [0.15, 0.2) is 0 Å². The van der Waals surface area contributed by atoms with Gasteiger partial charge in [0.1, 0.15) is 0 Å². The SMILES string of the molecule is CC(=O)N1CCc2cc(NC(=O)N3CCCC3CC3CCCCC3)ccc21. The third-order valence-electron chi connectivity index (χ3n) is 6.57. The van der Waals surface area contributed by atoms with Crippen molar-refractivity contribution in [1.82, 2.24) is 4.90 Å². The summed E-state index contributed by atoms with van der Waals surface area (Å²) in [4.78, 5) is 28.5.